The minimum absolute atomic E-state index is 0.00626. The molecule has 3 aromatic rings. The van der Waals surface area contributed by atoms with E-state index in [0.717, 1.165) is 10.8 Å². The minimum Gasteiger partial charge on any atom is -0.481 e. The van der Waals surface area contributed by atoms with Gasteiger partial charge >= 0.3 is 12.1 Å². The first kappa shape index (κ1) is 37.7. The van der Waals surface area contributed by atoms with E-state index in [1.807, 2.05) is 0 Å². The van der Waals surface area contributed by atoms with Crippen LogP contribution in [0.15, 0.2) is 29.2 Å². The van der Waals surface area contributed by atoms with Crippen LogP contribution in [0.1, 0.15) is 84.1 Å². The average molecular weight is 694 g/mol. The van der Waals surface area contributed by atoms with Crippen molar-refractivity contribution in [3.8, 4) is 11.1 Å². The van der Waals surface area contributed by atoms with Crippen LogP contribution in [0.4, 0.5) is 26.3 Å². The summed E-state index contributed by atoms with van der Waals surface area (Å²) in [4.78, 5) is 41.0. The number of hydrogen-bond donors (Lipinski definition) is 2. The van der Waals surface area contributed by atoms with Crippen LogP contribution in [0.3, 0.4) is 0 Å². The Morgan fingerprint density at radius 3 is 2.14 bits per heavy atom. The van der Waals surface area contributed by atoms with Crippen molar-refractivity contribution >= 4 is 11.9 Å². The number of benzene rings is 2. The number of hydrogen-bond acceptors (Lipinski definition) is 4. The number of carbonyl (C=O) groups excluding carboxylic acids is 1. The topological polar surface area (TPSA) is 91.6 Å². The van der Waals surface area contributed by atoms with Crippen molar-refractivity contribution in [1.82, 2.24) is 14.8 Å². The number of fused-ring (bicyclic) bond motifs is 1. The maximum atomic E-state index is 16.8. The highest BCUT2D eigenvalue weighted by atomic mass is 19.4. The van der Waals surface area contributed by atoms with E-state index in [2.05, 4.69) is 5.32 Å². The highest BCUT2D eigenvalue weighted by molar-refractivity contribution is 5.82. The van der Waals surface area contributed by atoms with Crippen LogP contribution in [-0.4, -0.2) is 47.1 Å². The molecule has 2 aromatic carbocycles. The minimum atomic E-state index is -4.84. The summed E-state index contributed by atoms with van der Waals surface area (Å²) in [5.41, 5.74) is -1.51. The molecule has 13 heteroatoms. The second-order valence-corrected chi connectivity index (χ2v) is 13.5. The normalized spacial score (nSPS) is 14.3. The van der Waals surface area contributed by atoms with E-state index >= 15 is 8.78 Å². The number of nitrogens with zero attached hydrogens (tertiary/aromatic N) is 2. The largest absolute Gasteiger partial charge is 0.481 e. The summed E-state index contributed by atoms with van der Waals surface area (Å²) < 4.78 is 90.0. The summed E-state index contributed by atoms with van der Waals surface area (Å²) in [5, 5.41) is 12.3. The molecule has 0 saturated heterocycles. The fraction of sp³-hybridized carbons (Fsp3) is 0.472. The average Bonchev–Trinajstić information content (AvgIpc) is 3.45. The third kappa shape index (κ3) is 8.20. The third-order valence-electron chi connectivity index (χ3n) is 8.90. The van der Waals surface area contributed by atoms with Crippen LogP contribution in [0, 0.1) is 37.2 Å². The molecule has 0 spiro atoms. The van der Waals surface area contributed by atoms with Gasteiger partial charge in [-0.1, -0.05) is 13.8 Å². The lowest BCUT2D eigenvalue weighted by molar-refractivity contribution is -0.139. The lowest BCUT2D eigenvalue weighted by Crippen LogP contribution is -2.41. The van der Waals surface area contributed by atoms with E-state index in [-0.39, 0.29) is 48.4 Å². The molecule has 266 valence electrons. The van der Waals surface area contributed by atoms with Gasteiger partial charge in [0, 0.05) is 29.9 Å². The standard InChI is InChI=1S/C36H41F6N3O4/c1-18(2)12-27(45-17-21(10-11-44(5)6)25(15-28(45)46)36(40,41)42)35(49)43-26(16-29(47)48)32-33(38)24-9-7-8-23(24)31(34(32)39)30-19(3)13-22(37)14-20(30)4/h13-15,17-18,26-27H,7-12,16H2,1-6H3,(H,43,49)(H,47,48)/t26?,27-/m0/s1. The first-order valence-corrected chi connectivity index (χ1v) is 16.1. The number of carbonyl (C=O) groups is 2. The van der Waals surface area contributed by atoms with Crippen molar-refractivity contribution in [1.29, 1.82) is 0 Å². The number of halogens is 6. The Balaban J connectivity index is 1.88. The van der Waals surface area contributed by atoms with E-state index < -0.39 is 70.7 Å². The van der Waals surface area contributed by atoms with Gasteiger partial charge in [-0.15, -0.1) is 0 Å². The smallest absolute Gasteiger partial charge is 0.416 e. The van der Waals surface area contributed by atoms with E-state index in [0.29, 0.717) is 41.2 Å². The lowest BCUT2D eigenvalue weighted by atomic mass is 9.86. The predicted molar refractivity (Wildman–Crippen MR) is 173 cm³/mol. The molecule has 4 rings (SSSR count). The van der Waals surface area contributed by atoms with Gasteiger partial charge in [-0.05, 0) is 111 Å². The van der Waals surface area contributed by atoms with Gasteiger partial charge in [-0.2, -0.15) is 13.2 Å². The number of likely N-dealkylation sites (N-methyl/N-ethyl adjacent to an activating group) is 1. The number of aliphatic carboxylic acids is 1. The first-order chi connectivity index (χ1) is 22.8. The molecule has 1 amide bonds. The van der Waals surface area contributed by atoms with Crippen LogP contribution >= 0.6 is 0 Å². The molecule has 0 aliphatic heterocycles. The summed E-state index contributed by atoms with van der Waals surface area (Å²) in [5.74, 6) is -5.41. The molecule has 2 atom stereocenters. The van der Waals surface area contributed by atoms with Crippen LogP contribution in [0.2, 0.25) is 0 Å². The number of alkyl halides is 3. The summed E-state index contributed by atoms with van der Waals surface area (Å²) in [6.07, 6.45) is -3.92. The summed E-state index contributed by atoms with van der Waals surface area (Å²) in [7, 11) is 3.34. The second kappa shape index (κ2) is 14.8. The van der Waals surface area contributed by atoms with Gasteiger partial charge in [-0.25, -0.2) is 13.2 Å². The van der Waals surface area contributed by atoms with Crippen LogP contribution in [0.5, 0.6) is 0 Å². The highest BCUT2D eigenvalue weighted by Crippen LogP contribution is 2.43. The van der Waals surface area contributed by atoms with Gasteiger partial charge in [0.05, 0.1) is 18.0 Å². The number of pyridine rings is 1. The fourth-order valence-electron chi connectivity index (χ4n) is 6.76. The number of amides is 1. The van der Waals surface area contributed by atoms with Crippen molar-refractivity contribution in [2.24, 2.45) is 5.92 Å². The number of nitrogens with one attached hydrogen (secondary N) is 1. The zero-order valence-corrected chi connectivity index (χ0v) is 28.3. The van der Waals surface area contributed by atoms with E-state index in [1.165, 1.54) is 12.1 Å². The molecule has 0 radical (unpaired) electrons. The van der Waals surface area contributed by atoms with Crippen molar-refractivity contribution < 1.29 is 41.0 Å². The second-order valence-electron chi connectivity index (χ2n) is 13.5. The molecule has 7 nitrogen and oxygen atoms in total. The molecule has 1 aliphatic carbocycles. The Morgan fingerprint density at radius 2 is 1.59 bits per heavy atom. The number of rotatable bonds is 12. The Kier molecular flexibility index (Phi) is 11.4. The Bertz CT molecular complexity index is 1790. The highest BCUT2D eigenvalue weighted by Gasteiger charge is 2.37. The molecular formula is C36H41F6N3O4. The summed E-state index contributed by atoms with van der Waals surface area (Å²) >= 11 is 0. The van der Waals surface area contributed by atoms with E-state index in [4.69, 9.17) is 0 Å². The Hall–Kier alpha value is -4.13. The molecule has 49 heavy (non-hydrogen) atoms. The lowest BCUT2D eigenvalue weighted by Gasteiger charge is -2.28. The molecular weight excluding hydrogens is 652 g/mol. The van der Waals surface area contributed by atoms with Crippen molar-refractivity contribution in [3.63, 3.8) is 0 Å². The van der Waals surface area contributed by atoms with Gasteiger partial charge < -0.3 is 19.9 Å². The molecule has 1 heterocycles. The van der Waals surface area contributed by atoms with Gasteiger partial charge in [0.15, 0.2) is 0 Å². The van der Waals surface area contributed by atoms with E-state index in [9.17, 15) is 37.1 Å². The first-order valence-electron chi connectivity index (χ1n) is 16.1. The van der Waals surface area contributed by atoms with Crippen molar-refractivity contribution in [2.75, 3.05) is 20.6 Å². The number of aryl methyl sites for hydroxylation is 2. The zero-order valence-electron chi connectivity index (χ0n) is 28.3. The zero-order chi connectivity index (χ0) is 36.5. The summed E-state index contributed by atoms with van der Waals surface area (Å²) in [6, 6.07) is -0.337. The molecule has 0 saturated carbocycles. The molecule has 1 unspecified atom stereocenters. The molecule has 0 bridgehead atoms. The van der Waals surface area contributed by atoms with Crippen molar-refractivity contribution in [3.05, 3.63) is 91.1 Å². The molecule has 1 aliphatic rings. The van der Waals surface area contributed by atoms with Gasteiger partial charge in [0.1, 0.15) is 23.5 Å². The predicted octanol–water partition coefficient (Wildman–Crippen LogP) is 7.08. The maximum Gasteiger partial charge on any atom is 0.416 e. The van der Waals surface area contributed by atoms with E-state index in [1.54, 1.807) is 46.7 Å². The number of aromatic nitrogens is 1. The molecule has 2 N–H and O–H groups in total. The number of carboxylic acids is 1. The molecule has 1 aromatic heterocycles. The van der Waals surface area contributed by atoms with Gasteiger partial charge in [0.2, 0.25) is 5.91 Å². The van der Waals surface area contributed by atoms with Crippen LogP contribution in [0.25, 0.3) is 11.1 Å². The van der Waals surface area contributed by atoms with Gasteiger partial charge in [0.25, 0.3) is 5.56 Å². The fourth-order valence-corrected chi connectivity index (χ4v) is 6.76. The van der Waals surface area contributed by atoms with Gasteiger partial charge in [-0.3, -0.25) is 14.4 Å². The summed E-state index contributed by atoms with van der Waals surface area (Å²) in [6.45, 7) is 6.80. The molecule has 0 fully saturated rings. The number of carboxylic acid groups (broad SMARTS) is 1. The quantitative estimate of drug-likeness (QED) is 0.198. The van der Waals surface area contributed by atoms with Crippen LogP contribution in [-0.2, 0) is 35.0 Å². The van der Waals surface area contributed by atoms with Crippen molar-refractivity contribution in [2.45, 2.75) is 84.5 Å². The SMILES string of the molecule is Cc1cc(F)cc(C)c1-c1c(F)c(C(CC(=O)O)NC(=O)[C@H](CC(C)C)n2cc(CCN(C)C)c(C(F)(F)F)cc2=O)c(F)c2c1CCC2. The Labute approximate surface area is 280 Å². The maximum absolute atomic E-state index is 16.8. The monoisotopic (exact) mass is 693 g/mol. The van der Waals surface area contributed by atoms with Crippen LogP contribution < -0.4 is 10.9 Å². The Morgan fingerprint density at radius 1 is 0.980 bits per heavy atom. The third-order valence-corrected chi connectivity index (χ3v) is 8.90.